The van der Waals surface area contributed by atoms with Crippen LogP contribution in [0.1, 0.15) is 39.2 Å². The van der Waals surface area contributed by atoms with E-state index >= 15 is 0 Å². The molecule has 2 atom stereocenters. The normalized spacial score (nSPS) is 20.0. The lowest BCUT2D eigenvalue weighted by Crippen LogP contribution is -2.51. The van der Waals surface area contributed by atoms with Gasteiger partial charge in [0.15, 0.2) is 0 Å². The predicted octanol–water partition coefficient (Wildman–Crippen LogP) is 1.74. The van der Waals surface area contributed by atoms with Crippen molar-refractivity contribution in [1.29, 1.82) is 0 Å². The van der Waals surface area contributed by atoms with Gasteiger partial charge in [-0.3, -0.25) is 9.59 Å². The summed E-state index contributed by atoms with van der Waals surface area (Å²) in [6.07, 6.45) is 1.82. The Hall–Kier alpha value is -1.88. The number of nitrogens with one attached hydrogen (secondary N) is 1. The maximum absolute atomic E-state index is 12.5. The summed E-state index contributed by atoms with van der Waals surface area (Å²) in [5.74, 6) is -0.151. The average Bonchev–Trinajstić information content (AvgIpc) is 3.03. The highest BCUT2D eigenvalue weighted by atomic mass is 16.3. The Labute approximate surface area is 144 Å². The molecule has 0 saturated carbocycles. The third-order valence-electron chi connectivity index (χ3n) is 4.94. The van der Waals surface area contributed by atoms with Crippen LogP contribution >= 0.6 is 0 Å². The van der Waals surface area contributed by atoms with Crippen LogP contribution in [0.2, 0.25) is 0 Å². The van der Waals surface area contributed by atoms with E-state index in [0.717, 1.165) is 12.0 Å². The average molecular weight is 332 g/mol. The van der Waals surface area contributed by atoms with Crippen LogP contribution in [0.4, 0.5) is 0 Å². The molecule has 0 bridgehead atoms. The Balaban J connectivity index is 1.94. The summed E-state index contributed by atoms with van der Waals surface area (Å²) in [4.78, 5) is 26.7. The number of carbonyl (C=O) groups excluding carboxylic acids is 2. The molecule has 0 aliphatic carbocycles. The van der Waals surface area contributed by atoms with Gasteiger partial charge >= 0.3 is 0 Å². The molecule has 1 heterocycles. The van der Waals surface area contributed by atoms with Gasteiger partial charge in [0.25, 0.3) is 0 Å². The molecule has 5 heteroatoms. The Bertz CT molecular complexity index is 569. The minimum absolute atomic E-state index is 0.0190. The minimum Gasteiger partial charge on any atom is -0.388 e. The van der Waals surface area contributed by atoms with E-state index in [0.29, 0.717) is 19.4 Å². The van der Waals surface area contributed by atoms with Crippen LogP contribution in [0, 0.1) is 5.92 Å². The van der Waals surface area contributed by atoms with E-state index in [1.165, 1.54) is 0 Å². The Morgan fingerprint density at radius 2 is 2.00 bits per heavy atom. The van der Waals surface area contributed by atoms with Crippen LogP contribution in [-0.4, -0.2) is 46.6 Å². The van der Waals surface area contributed by atoms with Gasteiger partial charge in [0.05, 0.1) is 12.0 Å². The minimum atomic E-state index is -0.951. The first-order chi connectivity index (χ1) is 11.3. The van der Waals surface area contributed by atoms with Crippen LogP contribution in [0.5, 0.6) is 0 Å². The molecule has 0 radical (unpaired) electrons. The number of benzene rings is 1. The van der Waals surface area contributed by atoms with Crippen molar-refractivity contribution in [2.45, 2.75) is 51.7 Å². The standard InChI is InChI=1S/C19H28N2O3/c1-14(2)19(3,24)13-20-18(23)16-10-7-11-21(16)17(22)12-15-8-5-4-6-9-15/h4-6,8-9,14,16,24H,7,10-13H2,1-3H3,(H,20,23). The fourth-order valence-electron chi connectivity index (χ4n) is 2.80. The molecule has 1 aromatic rings. The largest absolute Gasteiger partial charge is 0.388 e. The van der Waals surface area contributed by atoms with Crippen LogP contribution in [-0.2, 0) is 16.0 Å². The summed E-state index contributed by atoms with van der Waals surface area (Å²) in [5, 5.41) is 13.1. The second kappa shape index (κ2) is 7.79. The van der Waals surface area contributed by atoms with E-state index in [-0.39, 0.29) is 24.3 Å². The zero-order chi connectivity index (χ0) is 17.7. The van der Waals surface area contributed by atoms with E-state index in [1.807, 2.05) is 44.2 Å². The number of hydrogen-bond acceptors (Lipinski definition) is 3. The van der Waals surface area contributed by atoms with E-state index in [1.54, 1.807) is 11.8 Å². The van der Waals surface area contributed by atoms with Gasteiger partial charge in [-0.25, -0.2) is 0 Å². The van der Waals surface area contributed by atoms with Crippen molar-refractivity contribution >= 4 is 11.8 Å². The molecule has 2 amide bonds. The zero-order valence-corrected chi connectivity index (χ0v) is 14.8. The summed E-state index contributed by atoms with van der Waals surface area (Å²) in [6, 6.07) is 9.14. The third-order valence-corrected chi connectivity index (χ3v) is 4.94. The number of amides is 2. The summed E-state index contributed by atoms with van der Waals surface area (Å²) in [6.45, 7) is 6.35. The van der Waals surface area contributed by atoms with E-state index < -0.39 is 11.6 Å². The molecule has 5 nitrogen and oxygen atoms in total. The Morgan fingerprint density at radius 1 is 1.33 bits per heavy atom. The van der Waals surface area contributed by atoms with Crippen molar-refractivity contribution in [1.82, 2.24) is 10.2 Å². The monoisotopic (exact) mass is 332 g/mol. The lowest BCUT2D eigenvalue weighted by molar-refractivity contribution is -0.138. The number of nitrogens with zero attached hydrogens (tertiary/aromatic N) is 1. The van der Waals surface area contributed by atoms with Crippen molar-refractivity contribution in [2.75, 3.05) is 13.1 Å². The summed E-state index contributed by atoms with van der Waals surface area (Å²) in [7, 11) is 0. The number of rotatable bonds is 6. The van der Waals surface area contributed by atoms with Crippen LogP contribution in [0.25, 0.3) is 0 Å². The van der Waals surface area contributed by atoms with Crippen LogP contribution in [0.15, 0.2) is 30.3 Å². The number of carbonyl (C=O) groups is 2. The fourth-order valence-corrected chi connectivity index (χ4v) is 2.80. The first kappa shape index (κ1) is 18.5. The maximum Gasteiger partial charge on any atom is 0.242 e. The second-order valence-electron chi connectivity index (χ2n) is 7.14. The molecule has 132 valence electrons. The topological polar surface area (TPSA) is 69.6 Å². The first-order valence-corrected chi connectivity index (χ1v) is 8.65. The smallest absolute Gasteiger partial charge is 0.242 e. The Kier molecular flexibility index (Phi) is 5.99. The van der Waals surface area contributed by atoms with Gasteiger partial charge in [-0.1, -0.05) is 44.2 Å². The molecule has 1 saturated heterocycles. The predicted molar refractivity (Wildman–Crippen MR) is 93.4 cm³/mol. The van der Waals surface area contributed by atoms with Gasteiger partial charge in [0, 0.05) is 13.1 Å². The van der Waals surface area contributed by atoms with Crippen molar-refractivity contribution in [3.8, 4) is 0 Å². The number of likely N-dealkylation sites (tertiary alicyclic amines) is 1. The third kappa shape index (κ3) is 4.57. The zero-order valence-electron chi connectivity index (χ0n) is 14.8. The highest BCUT2D eigenvalue weighted by Gasteiger charge is 2.35. The molecular formula is C19H28N2O3. The molecule has 0 spiro atoms. The van der Waals surface area contributed by atoms with Crippen LogP contribution < -0.4 is 5.32 Å². The van der Waals surface area contributed by atoms with E-state index in [4.69, 9.17) is 0 Å². The summed E-state index contributed by atoms with van der Waals surface area (Å²) < 4.78 is 0. The second-order valence-corrected chi connectivity index (χ2v) is 7.14. The molecule has 1 aliphatic rings. The molecule has 1 aromatic carbocycles. The highest BCUT2D eigenvalue weighted by molar-refractivity contribution is 5.89. The molecule has 24 heavy (non-hydrogen) atoms. The molecule has 2 unspecified atom stereocenters. The molecule has 0 aromatic heterocycles. The van der Waals surface area contributed by atoms with Gasteiger partial charge < -0.3 is 15.3 Å². The van der Waals surface area contributed by atoms with Crippen molar-refractivity contribution in [3.63, 3.8) is 0 Å². The molecule has 1 fully saturated rings. The molecule has 2 rings (SSSR count). The summed E-state index contributed by atoms with van der Waals surface area (Å²) >= 11 is 0. The number of aliphatic hydroxyl groups is 1. The van der Waals surface area contributed by atoms with Crippen molar-refractivity contribution in [2.24, 2.45) is 5.92 Å². The van der Waals surface area contributed by atoms with Gasteiger partial charge in [-0.15, -0.1) is 0 Å². The van der Waals surface area contributed by atoms with Gasteiger partial charge in [0.2, 0.25) is 11.8 Å². The molecular weight excluding hydrogens is 304 g/mol. The lowest BCUT2D eigenvalue weighted by atomic mass is 9.92. The van der Waals surface area contributed by atoms with Crippen LogP contribution in [0.3, 0.4) is 0 Å². The Morgan fingerprint density at radius 3 is 2.62 bits per heavy atom. The first-order valence-electron chi connectivity index (χ1n) is 8.65. The van der Waals surface area contributed by atoms with Gasteiger partial charge in [-0.2, -0.15) is 0 Å². The lowest BCUT2D eigenvalue weighted by Gasteiger charge is -2.30. The highest BCUT2D eigenvalue weighted by Crippen LogP contribution is 2.20. The molecule has 1 aliphatic heterocycles. The summed E-state index contributed by atoms with van der Waals surface area (Å²) in [5.41, 5.74) is 0.00366. The SMILES string of the molecule is CC(C)C(C)(O)CNC(=O)C1CCCN1C(=O)Cc1ccccc1. The van der Waals surface area contributed by atoms with Crippen molar-refractivity contribution in [3.05, 3.63) is 35.9 Å². The van der Waals surface area contributed by atoms with Crippen molar-refractivity contribution < 1.29 is 14.7 Å². The van der Waals surface area contributed by atoms with E-state index in [9.17, 15) is 14.7 Å². The van der Waals surface area contributed by atoms with E-state index in [2.05, 4.69) is 5.32 Å². The van der Waals surface area contributed by atoms with Gasteiger partial charge in [-0.05, 0) is 31.2 Å². The molecule has 2 N–H and O–H groups in total. The number of hydrogen-bond donors (Lipinski definition) is 2. The maximum atomic E-state index is 12.5. The quantitative estimate of drug-likeness (QED) is 0.834. The van der Waals surface area contributed by atoms with Gasteiger partial charge in [0.1, 0.15) is 6.04 Å². The fraction of sp³-hybridized carbons (Fsp3) is 0.579.